The van der Waals surface area contributed by atoms with Crippen LogP contribution in [0.3, 0.4) is 0 Å². The predicted molar refractivity (Wildman–Crippen MR) is 180 cm³/mol. The third kappa shape index (κ3) is 6.07. The Hall–Kier alpha value is -3.48. The van der Waals surface area contributed by atoms with E-state index < -0.39 is 6.04 Å². The van der Waals surface area contributed by atoms with E-state index >= 15 is 0 Å². The van der Waals surface area contributed by atoms with Gasteiger partial charge in [0.05, 0.1) is 28.2 Å². The molecule has 7 rings (SSSR count). The van der Waals surface area contributed by atoms with Gasteiger partial charge in [0.15, 0.2) is 11.2 Å². The third-order valence-electron chi connectivity index (χ3n) is 8.86. The quantitative estimate of drug-likeness (QED) is 0.207. The number of thiazole rings is 1. The zero-order valence-corrected chi connectivity index (χ0v) is 27.2. The van der Waals surface area contributed by atoms with Crippen molar-refractivity contribution in [2.45, 2.75) is 44.4 Å². The summed E-state index contributed by atoms with van der Waals surface area (Å²) in [6, 6.07) is 9.29. The molecule has 1 unspecified atom stereocenters. The van der Waals surface area contributed by atoms with E-state index in [0.29, 0.717) is 31.8 Å². The number of fused-ring (bicyclic) bond motifs is 2. The summed E-state index contributed by atoms with van der Waals surface area (Å²) in [5.41, 5.74) is 5.02. The van der Waals surface area contributed by atoms with Crippen LogP contribution in [0.25, 0.3) is 22.0 Å². The Bertz CT molecular complexity index is 1810. The van der Waals surface area contributed by atoms with Gasteiger partial charge in [0, 0.05) is 79.9 Å². The van der Waals surface area contributed by atoms with Gasteiger partial charge in [0.1, 0.15) is 5.52 Å². The van der Waals surface area contributed by atoms with Crippen molar-refractivity contribution in [1.29, 1.82) is 0 Å². The van der Waals surface area contributed by atoms with Gasteiger partial charge >= 0.3 is 0 Å². The molecule has 5 heterocycles. The summed E-state index contributed by atoms with van der Waals surface area (Å²) in [4.78, 5) is 27.3. The first-order valence-corrected chi connectivity index (χ1v) is 16.8. The third-order valence-corrected chi connectivity index (χ3v) is 10.2. The topological polar surface area (TPSA) is 104 Å². The van der Waals surface area contributed by atoms with Gasteiger partial charge in [-0.15, -0.1) is 11.3 Å². The number of anilines is 2. The summed E-state index contributed by atoms with van der Waals surface area (Å²) in [5.74, 6) is -0.281. The van der Waals surface area contributed by atoms with Crippen molar-refractivity contribution < 1.29 is 9.90 Å². The van der Waals surface area contributed by atoms with Crippen LogP contribution in [0.4, 0.5) is 10.8 Å². The van der Waals surface area contributed by atoms with Crippen LogP contribution in [-0.4, -0.2) is 79.6 Å². The Morgan fingerprint density at radius 1 is 1.18 bits per heavy atom. The van der Waals surface area contributed by atoms with Crippen LogP contribution in [-0.2, 0) is 17.8 Å². The van der Waals surface area contributed by atoms with Crippen LogP contribution in [0.5, 0.6) is 0 Å². The number of benzene rings is 2. The van der Waals surface area contributed by atoms with Gasteiger partial charge in [-0.05, 0) is 49.4 Å². The van der Waals surface area contributed by atoms with Crippen LogP contribution < -0.4 is 10.2 Å². The molecule has 1 amide bonds. The predicted octanol–water partition coefficient (Wildman–Crippen LogP) is 5.73. The van der Waals surface area contributed by atoms with Crippen molar-refractivity contribution in [2.75, 3.05) is 43.4 Å². The lowest BCUT2D eigenvalue weighted by atomic mass is 10.0. The lowest BCUT2D eigenvalue weighted by Gasteiger charge is -2.31. The number of aryl methyl sites for hydroxylation is 1. The highest BCUT2D eigenvalue weighted by atomic mass is 35.5. The van der Waals surface area contributed by atoms with Crippen molar-refractivity contribution in [1.82, 2.24) is 29.2 Å². The summed E-state index contributed by atoms with van der Waals surface area (Å²) in [6.07, 6.45) is 8.60. The second-order valence-corrected chi connectivity index (χ2v) is 13.4. The summed E-state index contributed by atoms with van der Waals surface area (Å²) in [6.45, 7) is 4.60. The lowest BCUT2D eigenvalue weighted by Crippen LogP contribution is -2.40. The SMILES string of the molecule is CN(CCN1CCC(O)CC1)c1ccc(-c2cc(Cl)c3cn(C(C(=O)Nc4nccs4)c4ncn5c4CCC5)nc3c2Cl)cc1. The number of rotatable bonds is 9. The lowest BCUT2D eigenvalue weighted by molar-refractivity contribution is -0.118. The summed E-state index contributed by atoms with van der Waals surface area (Å²) in [7, 11) is 2.09. The smallest absolute Gasteiger partial charge is 0.257 e. The Morgan fingerprint density at radius 2 is 1.98 bits per heavy atom. The molecule has 0 radical (unpaired) electrons. The number of aliphatic hydroxyl groups excluding tert-OH is 1. The molecule has 13 heteroatoms. The fraction of sp³-hybridized carbons (Fsp3) is 0.375. The highest BCUT2D eigenvalue weighted by Crippen LogP contribution is 2.40. The van der Waals surface area contributed by atoms with Crippen molar-refractivity contribution in [3.8, 4) is 11.1 Å². The number of amides is 1. The maximum absolute atomic E-state index is 13.7. The molecule has 1 fully saturated rings. The number of carbonyl (C=O) groups excluding carboxylic acids is 1. The number of aliphatic hydroxyl groups is 1. The molecule has 1 saturated heterocycles. The van der Waals surface area contributed by atoms with Gasteiger partial charge in [-0.1, -0.05) is 35.3 Å². The van der Waals surface area contributed by atoms with E-state index in [2.05, 4.69) is 48.8 Å². The van der Waals surface area contributed by atoms with E-state index in [-0.39, 0.29) is 12.0 Å². The molecule has 234 valence electrons. The highest BCUT2D eigenvalue weighted by Gasteiger charge is 2.32. The number of likely N-dealkylation sites (tertiary alicyclic amines) is 1. The molecule has 2 aliphatic heterocycles. The van der Waals surface area contributed by atoms with Gasteiger partial charge in [0.25, 0.3) is 5.91 Å². The van der Waals surface area contributed by atoms with Crippen molar-refractivity contribution in [2.24, 2.45) is 0 Å². The molecule has 45 heavy (non-hydrogen) atoms. The molecular weight excluding hydrogens is 631 g/mol. The average molecular weight is 666 g/mol. The zero-order valence-electron chi connectivity index (χ0n) is 24.9. The van der Waals surface area contributed by atoms with Crippen molar-refractivity contribution in [3.63, 3.8) is 0 Å². The molecule has 5 aromatic rings. The fourth-order valence-corrected chi connectivity index (χ4v) is 7.37. The maximum Gasteiger partial charge on any atom is 0.257 e. The standard InChI is InChI=1S/C32H34Cl2N8O2S/c1-39(14-15-40-12-8-22(43)9-13-40)21-6-4-20(5-7-21)23-17-25(33)24-18-42(38-28(24)27(23)34)30(31(44)37-32-35-10-16-45-32)29-26-3-2-11-41(26)19-36-29/h4-7,10,16-19,22,30,43H,2-3,8-9,11-15H2,1H3,(H,35,37,44). The second kappa shape index (κ2) is 12.7. The summed E-state index contributed by atoms with van der Waals surface area (Å²) < 4.78 is 3.72. The van der Waals surface area contributed by atoms with Gasteiger partial charge in [-0.2, -0.15) is 5.10 Å². The molecule has 2 N–H and O–H groups in total. The van der Waals surface area contributed by atoms with Crippen LogP contribution in [0.2, 0.25) is 10.0 Å². The second-order valence-electron chi connectivity index (χ2n) is 11.7. The minimum atomic E-state index is -0.823. The fourth-order valence-electron chi connectivity index (χ4n) is 6.29. The maximum atomic E-state index is 13.7. The summed E-state index contributed by atoms with van der Waals surface area (Å²) >= 11 is 15.2. The molecule has 0 bridgehead atoms. The molecule has 0 aliphatic carbocycles. The first kappa shape index (κ1) is 30.2. The summed E-state index contributed by atoms with van der Waals surface area (Å²) in [5, 5.41) is 21.5. The average Bonchev–Trinajstić information content (AvgIpc) is 3.86. The van der Waals surface area contributed by atoms with Crippen LogP contribution in [0.1, 0.15) is 36.7 Å². The minimum absolute atomic E-state index is 0.160. The van der Waals surface area contributed by atoms with Crippen molar-refractivity contribution >= 4 is 62.2 Å². The van der Waals surface area contributed by atoms with Gasteiger partial charge < -0.3 is 19.5 Å². The number of imidazole rings is 1. The molecule has 3 aromatic heterocycles. The van der Waals surface area contributed by atoms with E-state index in [1.807, 2.05) is 23.6 Å². The highest BCUT2D eigenvalue weighted by molar-refractivity contribution is 7.13. The number of piperidine rings is 1. The molecule has 10 nitrogen and oxygen atoms in total. The van der Waals surface area contributed by atoms with Crippen LogP contribution >= 0.6 is 34.5 Å². The molecule has 2 aliphatic rings. The van der Waals surface area contributed by atoms with Gasteiger partial charge in [-0.3, -0.25) is 14.8 Å². The van der Waals surface area contributed by atoms with E-state index in [1.165, 1.54) is 11.3 Å². The Morgan fingerprint density at radius 3 is 2.73 bits per heavy atom. The number of aromatic nitrogens is 5. The van der Waals surface area contributed by atoms with E-state index in [9.17, 15) is 9.90 Å². The van der Waals surface area contributed by atoms with Gasteiger partial charge in [0.2, 0.25) is 0 Å². The number of hydrogen-bond donors (Lipinski definition) is 2. The Labute approximate surface area is 275 Å². The van der Waals surface area contributed by atoms with Gasteiger partial charge in [-0.25, -0.2) is 9.97 Å². The van der Waals surface area contributed by atoms with Crippen molar-refractivity contribution in [3.05, 3.63) is 75.9 Å². The van der Waals surface area contributed by atoms with E-state index in [0.717, 1.165) is 80.9 Å². The zero-order chi connectivity index (χ0) is 31.1. The normalized spacial score (nSPS) is 16.3. The van der Waals surface area contributed by atoms with E-state index in [1.54, 1.807) is 23.4 Å². The number of halogens is 2. The molecule has 1 atom stereocenters. The van der Waals surface area contributed by atoms with E-state index in [4.69, 9.17) is 28.3 Å². The minimum Gasteiger partial charge on any atom is -0.393 e. The first-order chi connectivity index (χ1) is 21.9. The molecule has 0 saturated carbocycles. The molecule has 0 spiro atoms. The van der Waals surface area contributed by atoms with Crippen LogP contribution in [0.15, 0.2) is 54.4 Å². The monoisotopic (exact) mass is 664 g/mol. The largest absolute Gasteiger partial charge is 0.393 e. The Balaban J connectivity index is 1.16. The van der Waals surface area contributed by atoms with Crippen LogP contribution in [0, 0.1) is 0 Å². The first-order valence-electron chi connectivity index (χ1n) is 15.2. The number of nitrogens with one attached hydrogen (secondary N) is 1. The number of likely N-dealkylation sites (N-methyl/N-ethyl adjacent to an activating group) is 1. The number of nitrogens with zero attached hydrogens (tertiary/aromatic N) is 7. The molecule has 2 aromatic carbocycles. The molecular formula is C32H34Cl2N8O2S. The number of hydrogen-bond acceptors (Lipinski definition) is 8. The number of carbonyl (C=O) groups is 1. The Kier molecular flexibility index (Phi) is 8.54.